The number of phenols is 1. The molecule has 33 heavy (non-hydrogen) atoms. The van der Waals surface area contributed by atoms with E-state index in [9.17, 15) is 29.3 Å². The number of carbonyl (C=O) groups excluding carboxylic acids is 2. The first-order chi connectivity index (χ1) is 15.7. The number of hydrogen-bond acceptors (Lipinski definition) is 5. The Hall–Kier alpha value is -2.51. The molecule has 0 radical (unpaired) electrons. The molecule has 2 amide bonds. The van der Waals surface area contributed by atoms with Gasteiger partial charge >= 0.3 is 0 Å². The standard InChI is InChI=1S/C26H34FNO5/c1-4-10-28-25(32)18-13-17(5-2)23(19(14-29)24(18)26(28)33)22(31)8-6-15(3)11-16-7-9-21(30)20(27)12-16/h7,9,11-12,18-19,22,24,29-31H,4-6,8,10,13-14H2,1-3H3/b15-11+/t18-,19+,22-,24-/m1/s1. The molecule has 7 heteroatoms. The number of imide groups is 1. The van der Waals surface area contributed by atoms with Crippen LogP contribution in [0.2, 0.25) is 0 Å². The van der Waals surface area contributed by atoms with Crippen LogP contribution in [-0.4, -0.2) is 51.3 Å². The number of phenolic OH excluding ortho intramolecular Hbond substituents is 1. The van der Waals surface area contributed by atoms with E-state index in [0.29, 0.717) is 49.8 Å². The lowest BCUT2D eigenvalue weighted by atomic mass is 9.67. The Bertz CT molecular complexity index is 969. The molecule has 3 rings (SSSR count). The molecular formula is C26H34FNO5. The van der Waals surface area contributed by atoms with Crippen molar-refractivity contribution in [3.8, 4) is 5.75 Å². The molecule has 4 atom stereocenters. The normalized spacial score (nSPS) is 24.5. The fraction of sp³-hybridized carbons (Fsp3) is 0.538. The topological polar surface area (TPSA) is 98.1 Å². The molecule has 1 fully saturated rings. The van der Waals surface area contributed by atoms with Gasteiger partial charge in [0.25, 0.3) is 0 Å². The molecule has 1 saturated heterocycles. The van der Waals surface area contributed by atoms with E-state index in [2.05, 4.69) is 0 Å². The summed E-state index contributed by atoms with van der Waals surface area (Å²) in [6, 6.07) is 4.17. The van der Waals surface area contributed by atoms with Crippen LogP contribution in [0.3, 0.4) is 0 Å². The number of halogens is 1. The first-order valence-electron chi connectivity index (χ1n) is 11.7. The molecule has 6 nitrogen and oxygen atoms in total. The molecule has 1 aliphatic carbocycles. The van der Waals surface area contributed by atoms with E-state index in [0.717, 1.165) is 11.1 Å². The minimum Gasteiger partial charge on any atom is -0.505 e. The van der Waals surface area contributed by atoms with E-state index in [4.69, 9.17) is 0 Å². The number of hydrogen-bond donors (Lipinski definition) is 3. The van der Waals surface area contributed by atoms with Crippen molar-refractivity contribution in [2.45, 2.75) is 59.0 Å². The minimum absolute atomic E-state index is 0.162. The van der Waals surface area contributed by atoms with Gasteiger partial charge in [-0.15, -0.1) is 0 Å². The zero-order valence-electron chi connectivity index (χ0n) is 19.6. The van der Waals surface area contributed by atoms with Gasteiger partial charge in [-0.1, -0.05) is 37.1 Å². The summed E-state index contributed by atoms with van der Waals surface area (Å²) in [7, 11) is 0. The molecule has 1 aromatic rings. The van der Waals surface area contributed by atoms with Gasteiger partial charge in [-0.05, 0) is 62.3 Å². The molecule has 0 aromatic heterocycles. The lowest BCUT2D eigenvalue weighted by Crippen LogP contribution is -2.39. The molecule has 0 bridgehead atoms. The van der Waals surface area contributed by atoms with E-state index in [-0.39, 0.29) is 18.4 Å². The van der Waals surface area contributed by atoms with Crippen LogP contribution in [0.5, 0.6) is 5.75 Å². The van der Waals surface area contributed by atoms with Crippen molar-refractivity contribution in [2.75, 3.05) is 13.2 Å². The number of rotatable bonds is 9. The predicted octanol–water partition coefficient (Wildman–Crippen LogP) is 3.81. The molecule has 0 unspecified atom stereocenters. The highest BCUT2D eigenvalue weighted by Crippen LogP contribution is 2.47. The van der Waals surface area contributed by atoms with Crippen LogP contribution in [0, 0.1) is 23.6 Å². The molecule has 180 valence electrons. The predicted molar refractivity (Wildman–Crippen MR) is 123 cm³/mol. The third kappa shape index (κ3) is 5.04. The minimum atomic E-state index is -0.846. The number of aliphatic hydroxyl groups is 2. The monoisotopic (exact) mass is 459 g/mol. The number of fused-ring (bicyclic) bond motifs is 1. The highest BCUT2D eigenvalue weighted by molar-refractivity contribution is 6.05. The number of amides is 2. The number of carbonyl (C=O) groups is 2. The Morgan fingerprint density at radius 1 is 1.27 bits per heavy atom. The van der Waals surface area contributed by atoms with E-state index in [1.807, 2.05) is 20.8 Å². The molecule has 0 spiro atoms. The summed E-state index contributed by atoms with van der Waals surface area (Å²) in [4.78, 5) is 27.2. The third-order valence-electron chi connectivity index (χ3n) is 6.90. The molecule has 1 aromatic carbocycles. The molecule has 1 aliphatic heterocycles. The van der Waals surface area contributed by atoms with E-state index >= 15 is 0 Å². The molecule has 0 saturated carbocycles. The Labute approximate surface area is 194 Å². The second-order valence-electron chi connectivity index (χ2n) is 9.12. The molecule has 3 N–H and O–H groups in total. The summed E-state index contributed by atoms with van der Waals surface area (Å²) in [6.45, 7) is 5.85. The summed E-state index contributed by atoms with van der Waals surface area (Å²) in [5.74, 6) is -3.14. The number of aromatic hydroxyl groups is 1. The van der Waals surface area contributed by atoms with Crippen molar-refractivity contribution < 1.29 is 29.3 Å². The van der Waals surface area contributed by atoms with Crippen LogP contribution in [0.1, 0.15) is 58.4 Å². The summed E-state index contributed by atoms with van der Waals surface area (Å²) in [6.07, 6.45) is 3.63. The fourth-order valence-electron chi connectivity index (χ4n) is 5.30. The quantitative estimate of drug-likeness (QED) is 0.385. The van der Waals surface area contributed by atoms with Gasteiger partial charge in [0.1, 0.15) is 0 Å². The van der Waals surface area contributed by atoms with Crippen LogP contribution in [0.4, 0.5) is 4.39 Å². The lowest BCUT2D eigenvalue weighted by molar-refractivity contribution is -0.140. The number of likely N-dealkylation sites (tertiary alicyclic amines) is 1. The van der Waals surface area contributed by atoms with Crippen molar-refractivity contribution in [2.24, 2.45) is 17.8 Å². The SMILES string of the molecule is CCCN1C(=O)[C@@H]2[C@@H](CC(CC)=C([C@H](O)CC/C(C)=C/c3ccc(O)c(F)c3)[C@@H]2CO)C1=O. The van der Waals surface area contributed by atoms with Crippen molar-refractivity contribution >= 4 is 17.9 Å². The summed E-state index contributed by atoms with van der Waals surface area (Å²) < 4.78 is 13.6. The zero-order valence-corrected chi connectivity index (χ0v) is 19.6. The second kappa shape index (κ2) is 10.6. The Morgan fingerprint density at radius 2 is 2.00 bits per heavy atom. The summed E-state index contributed by atoms with van der Waals surface area (Å²) in [5.41, 5.74) is 3.19. The molecule has 2 aliphatic rings. The highest BCUT2D eigenvalue weighted by atomic mass is 19.1. The Kier molecular flexibility index (Phi) is 8.08. The van der Waals surface area contributed by atoms with Gasteiger partial charge in [0.05, 0.1) is 24.5 Å². The van der Waals surface area contributed by atoms with Gasteiger partial charge in [0.2, 0.25) is 11.8 Å². The summed E-state index contributed by atoms with van der Waals surface area (Å²) >= 11 is 0. The second-order valence-corrected chi connectivity index (χ2v) is 9.12. The van der Waals surface area contributed by atoms with Gasteiger partial charge in [-0.25, -0.2) is 4.39 Å². The first kappa shape index (κ1) is 25.1. The third-order valence-corrected chi connectivity index (χ3v) is 6.90. The largest absolute Gasteiger partial charge is 0.505 e. The first-order valence-corrected chi connectivity index (χ1v) is 11.7. The van der Waals surface area contributed by atoms with Crippen LogP contribution < -0.4 is 0 Å². The number of benzene rings is 1. The van der Waals surface area contributed by atoms with Gasteiger partial charge in [0.15, 0.2) is 11.6 Å². The van der Waals surface area contributed by atoms with Gasteiger partial charge in [-0.3, -0.25) is 14.5 Å². The number of allylic oxidation sites excluding steroid dienone is 2. The Morgan fingerprint density at radius 3 is 2.61 bits per heavy atom. The Balaban J connectivity index is 1.79. The van der Waals surface area contributed by atoms with Crippen molar-refractivity contribution in [3.05, 3.63) is 46.3 Å². The van der Waals surface area contributed by atoms with Crippen LogP contribution in [0.15, 0.2) is 34.9 Å². The van der Waals surface area contributed by atoms with E-state index in [1.54, 1.807) is 12.1 Å². The molecule has 1 heterocycles. The maximum Gasteiger partial charge on any atom is 0.233 e. The van der Waals surface area contributed by atoms with Crippen LogP contribution >= 0.6 is 0 Å². The lowest BCUT2D eigenvalue weighted by Gasteiger charge is -2.36. The van der Waals surface area contributed by atoms with Gasteiger partial charge < -0.3 is 15.3 Å². The average molecular weight is 460 g/mol. The smallest absolute Gasteiger partial charge is 0.233 e. The van der Waals surface area contributed by atoms with Crippen molar-refractivity contribution in [3.63, 3.8) is 0 Å². The van der Waals surface area contributed by atoms with E-state index < -0.39 is 35.4 Å². The maximum atomic E-state index is 13.6. The highest BCUT2D eigenvalue weighted by Gasteiger charge is 2.54. The summed E-state index contributed by atoms with van der Waals surface area (Å²) in [5, 5.41) is 30.7. The van der Waals surface area contributed by atoms with Crippen LogP contribution in [0.25, 0.3) is 6.08 Å². The fourth-order valence-corrected chi connectivity index (χ4v) is 5.30. The van der Waals surface area contributed by atoms with Crippen LogP contribution in [-0.2, 0) is 9.59 Å². The maximum absolute atomic E-state index is 13.6. The zero-order chi connectivity index (χ0) is 24.3. The van der Waals surface area contributed by atoms with E-state index in [1.165, 1.54) is 17.0 Å². The number of nitrogens with zero attached hydrogens (tertiary/aromatic N) is 1. The van der Waals surface area contributed by atoms with Crippen molar-refractivity contribution in [1.82, 2.24) is 4.90 Å². The molecular weight excluding hydrogens is 425 g/mol. The average Bonchev–Trinajstić information content (AvgIpc) is 3.03. The van der Waals surface area contributed by atoms with Crippen molar-refractivity contribution in [1.29, 1.82) is 0 Å². The van der Waals surface area contributed by atoms with Gasteiger partial charge in [0, 0.05) is 12.5 Å². The van der Waals surface area contributed by atoms with Gasteiger partial charge in [-0.2, -0.15) is 0 Å². The number of aliphatic hydroxyl groups excluding tert-OH is 2.